The maximum atomic E-state index is 6.16. The number of halogens is 1. The highest BCUT2D eigenvalue weighted by molar-refractivity contribution is 6.76. The van der Waals surface area contributed by atoms with Crippen molar-refractivity contribution in [3.05, 3.63) is 23.9 Å². The van der Waals surface area contributed by atoms with Crippen LogP contribution in [0.2, 0.25) is 25.7 Å². The van der Waals surface area contributed by atoms with Crippen LogP contribution in [0.5, 0.6) is 0 Å². The molecule has 4 rings (SSSR count). The molecule has 1 aliphatic heterocycles. The topological polar surface area (TPSA) is 79.9 Å². The van der Waals surface area contributed by atoms with Crippen molar-refractivity contribution in [3.63, 3.8) is 0 Å². The van der Waals surface area contributed by atoms with E-state index < -0.39 is 8.07 Å². The van der Waals surface area contributed by atoms with Gasteiger partial charge in [-0.1, -0.05) is 26.6 Å². The van der Waals surface area contributed by atoms with Gasteiger partial charge in [-0.05, 0) is 18.5 Å². The molecule has 0 radical (unpaired) electrons. The van der Waals surface area contributed by atoms with Gasteiger partial charge in [0, 0.05) is 39.5 Å². The predicted molar refractivity (Wildman–Crippen MR) is 124 cm³/mol. The fourth-order valence-corrected chi connectivity index (χ4v) is 4.55. The van der Waals surface area contributed by atoms with Gasteiger partial charge in [-0.3, -0.25) is 4.57 Å². The number of aromatic nitrogens is 6. The van der Waals surface area contributed by atoms with Gasteiger partial charge in [0.05, 0.1) is 18.5 Å². The van der Waals surface area contributed by atoms with Crippen molar-refractivity contribution in [2.75, 3.05) is 13.2 Å². The molecule has 0 N–H and O–H groups in total. The second-order valence-corrected chi connectivity index (χ2v) is 15.1. The summed E-state index contributed by atoms with van der Waals surface area (Å²) >= 11 is 6.16. The molecule has 168 valence electrons. The van der Waals surface area contributed by atoms with Crippen molar-refractivity contribution in [1.82, 2.24) is 29.3 Å². The van der Waals surface area contributed by atoms with Gasteiger partial charge >= 0.3 is 0 Å². The first kappa shape index (κ1) is 22.4. The minimum Gasteiger partial charge on any atom is -0.376 e. The Morgan fingerprint density at radius 1 is 1.23 bits per heavy atom. The normalized spacial score (nSPS) is 16.7. The molecule has 31 heavy (non-hydrogen) atoms. The van der Waals surface area contributed by atoms with Crippen LogP contribution in [0.25, 0.3) is 22.6 Å². The van der Waals surface area contributed by atoms with Gasteiger partial charge in [0.15, 0.2) is 11.5 Å². The molecule has 1 saturated heterocycles. The fraction of sp³-hybridized carbons (Fsp3) is 0.619. The Hall–Kier alpha value is -1.81. The van der Waals surface area contributed by atoms with E-state index in [4.69, 9.17) is 31.0 Å². The second kappa shape index (κ2) is 9.36. The summed E-state index contributed by atoms with van der Waals surface area (Å²) in [6.45, 7) is 11.9. The monoisotopic (exact) mass is 462 g/mol. The smallest absolute Gasteiger partial charge is 0.167 e. The van der Waals surface area contributed by atoms with Gasteiger partial charge in [-0.25, -0.2) is 9.97 Å². The summed E-state index contributed by atoms with van der Waals surface area (Å²) in [5.74, 6) is 2.79. The van der Waals surface area contributed by atoms with Crippen molar-refractivity contribution in [3.8, 4) is 11.4 Å². The molecule has 4 heterocycles. The molecule has 10 heteroatoms. The van der Waals surface area contributed by atoms with Crippen LogP contribution < -0.4 is 0 Å². The fourth-order valence-electron chi connectivity index (χ4n) is 3.59. The first-order valence-corrected chi connectivity index (χ1v) is 15.2. The average Bonchev–Trinajstić information content (AvgIpc) is 3.27. The minimum absolute atomic E-state index is 0.212. The number of alkyl halides is 1. The highest BCUT2D eigenvalue weighted by Crippen LogP contribution is 2.25. The average molecular weight is 463 g/mol. The number of imidazole rings is 1. The Labute approximate surface area is 189 Å². The van der Waals surface area contributed by atoms with E-state index in [0.717, 1.165) is 72.8 Å². The molecule has 3 aromatic heterocycles. The third-order valence-electron chi connectivity index (χ3n) is 5.58. The zero-order chi connectivity index (χ0) is 22.0. The van der Waals surface area contributed by atoms with Gasteiger partial charge in [0.1, 0.15) is 23.9 Å². The summed E-state index contributed by atoms with van der Waals surface area (Å²) in [4.78, 5) is 9.43. The van der Waals surface area contributed by atoms with Crippen LogP contribution in [0.4, 0.5) is 0 Å². The Morgan fingerprint density at radius 3 is 2.68 bits per heavy atom. The first-order chi connectivity index (χ1) is 14.9. The third-order valence-corrected chi connectivity index (χ3v) is 7.52. The standard InChI is InChI=1S/C21H31ClN6O2Si/c1-5-18-25-26-20(28(18)14-29-8-9-31(2,3)4)15-10-17-21(23-12-15)27(19(11-22)24-17)13-16-6-7-30-16/h10,12,16H,5-9,11,13-14H2,1-4H3/t16-/m0/s1. The van der Waals surface area contributed by atoms with E-state index in [1.54, 1.807) is 0 Å². The van der Waals surface area contributed by atoms with Crippen LogP contribution in [0.3, 0.4) is 0 Å². The Kier molecular flexibility index (Phi) is 6.76. The van der Waals surface area contributed by atoms with Crippen LogP contribution in [-0.4, -0.2) is 56.7 Å². The number of pyridine rings is 1. The lowest BCUT2D eigenvalue weighted by atomic mass is 10.2. The molecule has 1 fully saturated rings. The molecule has 8 nitrogen and oxygen atoms in total. The molecule has 0 saturated carbocycles. The van der Waals surface area contributed by atoms with Crippen molar-refractivity contribution < 1.29 is 9.47 Å². The van der Waals surface area contributed by atoms with Gasteiger partial charge in [0.2, 0.25) is 0 Å². The van der Waals surface area contributed by atoms with Crippen LogP contribution in [-0.2, 0) is 35.1 Å². The van der Waals surface area contributed by atoms with Crippen LogP contribution in [0.1, 0.15) is 25.0 Å². The number of fused-ring (bicyclic) bond motifs is 1. The lowest BCUT2D eigenvalue weighted by molar-refractivity contribution is -0.0590. The number of ether oxygens (including phenoxy) is 2. The Balaban J connectivity index is 1.60. The van der Waals surface area contributed by atoms with Gasteiger partial charge < -0.3 is 14.0 Å². The SMILES string of the molecule is CCc1nnc(-c2cnc3c(c2)nc(CCl)n3C[C@@H]2CCO2)n1COCC[Si](C)(C)C. The molecule has 1 aliphatic rings. The Bertz CT molecular complexity index is 1040. The van der Waals surface area contributed by atoms with E-state index in [2.05, 4.69) is 41.3 Å². The zero-order valence-corrected chi connectivity index (χ0v) is 20.5. The largest absolute Gasteiger partial charge is 0.376 e. The predicted octanol–water partition coefficient (Wildman–Crippen LogP) is 4.09. The molecule has 3 aromatic rings. The van der Waals surface area contributed by atoms with Crippen molar-refractivity contribution in [2.45, 2.75) is 70.7 Å². The molecule has 0 aromatic carbocycles. The molecule has 1 atom stereocenters. The Morgan fingerprint density at radius 2 is 2.03 bits per heavy atom. The lowest BCUT2D eigenvalue weighted by Gasteiger charge is -2.27. The van der Waals surface area contributed by atoms with Crippen LogP contribution in [0.15, 0.2) is 12.3 Å². The summed E-state index contributed by atoms with van der Waals surface area (Å²) in [6.07, 6.45) is 3.89. The molecular formula is C21H31ClN6O2Si. The van der Waals surface area contributed by atoms with Crippen LogP contribution >= 0.6 is 11.6 Å². The molecule has 0 unspecified atom stereocenters. The van der Waals surface area contributed by atoms with Gasteiger partial charge in [0.25, 0.3) is 0 Å². The number of nitrogens with zero attached hydrogens (tertiary/aromatic N) is 6. The minimum atomic E-state index is -1.13. The zero-order valence-electron chi connectivity index (χ0n) is 18.8. The molecule has 0 aliphatic carbocycles. The highest BCUT2D eigenvalue weighted by Gasteiger charge is 2.23. The van der Waals surface area contributed by atoms with E-state index in [1.807, 2.05) is 16.8 Å². The van der Waals surface area contributed by atoms with Crippen molar-refractivity contribution in [2.24, 2.45) is 0 Å². The highest BCUT2D eigenvalue weighted by atomic mass is 35.5. The summed E-state index contributed by atoms with van der Waals surface area (Å²) < 4.78 is 15.7. The second-order valence-electron chi connectivity index (χ2n) is 9.19. The first-order valence-electron chi connectivity index (χ1n) is 10.9. The van der Waals surface area contributed by atoms with Gasteiger partial charge in [-0.2, -0.15) is 0 Å². The number of hydrogen-bond donors (Lipinski definition) is 0. The summed E-state index contributed by atoms with van der Waals surface area (Å²) in [6, 6.07) is 3.14. The third kappa shape index (κ3) is 5.00. The summed E-state index contributed by atoms with van der Waals surface area (Å²) in [7, 11) is -1.13. The maximum Gasteiger partial charge on any atom is 0.167 e. The quantitative estimate of drug-likeness (QED) is 0.256. The van der Waals surface area contributed by atoms with E-state index in [0.29, 0.717) is 12.6 Å². The maximum absolute atomic E-state index is 6.16. The van der Waals surface area contributed by atoms with E-state index in [9.17, 15) is 0 Å². The van der Waals surface area contributed by atoms with Gasteiger partial charge in [-0.15, -0.1) is 21.8 Å². The van der Waals surface area contributed by atoms with Crippen molar-refractivity contribution in [1.29, 1.82) is 0 Å². The van der Waals surface area contributed by atoms with Crippen molar-refractivity contribution >= 4 is 30.8 Å². The molecule has 0 spiro atoms. The number of rotatable bonds is 10. The van der Waals surface area contributed by atoms with E-state index >= 15 is 0 Å². The van der Waals surface area contributed by atoms with E-state index in [-0.39, 0.29) is 6.10 Å². The lowest BCUT2D eigenvalue weighted by Crippen LogP contribution is -2.31. The molecular weight excluding hydrogens is 432 g/mol. The van der Waals surface area contributed by atoms with Crippen LogP contribution in [0, 0.1) is 0 Å². The summed E-state index contributed by atoms with van der Waals surface area (Å²) in [5.41, 5.74) is 2.50. The number of aryl methyl sites for hydroxylation is 1. The molecule has 0 amide bonds. The molecule has 0 bridgehead atoms. The van der Waals surface area contributed by atoms with E-state index in [1.165, 1.54) is 0 Å². The summed E-state index contributed by atoms with van der Waals surface area (Å²) in [5, 5.41) is 8.80. The number of hydrogen-bond acceptors (Lipinski definition) is 6.